The minimum absolute atomic E-state index is 0.121. The number of halogens is 1. The van der Waals surface area contributed by atoms with E-state index in [0.29, 0.717) is 34.5 Å². The average molecular weight is 478 g/mol. The highest BCUT2D eigenvalue weighted by Crippen LogP contribution is 2.34. The van der Waals surface area contributed by atoms with Gasteiger partial charge in [-0.1, -0.05) is 24.3 Å². The maximum absolute atomic E-state index is 13.5. The smallest absolute Gasteiger partial charge is 0.256 e. The Labute approximate surface area is 200 Å². The highest BCUT2D eigenvalue weighted by atomic mass is 32.1. The second-order valence-electron chi connectivity index (χ2n) is 7.88. The highest BCUT2D eigenvalue weighted by molar-refractivity contribution is 7.80. The zero-order valence-electron chi connectivity index (χ0n) is 17.9. The second-order valence-corrected chi connectivity index (χ2v) is 8.25. The molecule has 5 rings (SSSR count). The summed E-state index contributed by atoms with van der Waals surface area (Å²) in [4.78, 5) is 29.5. The number of carbonyl (C=O) groups excluding carboxylic acids is 2. The minimum atomic E-state index is -0.807. The van der Waals surface area contributed by atoms with Gasteiger partial charge in [0.1, 0.15) is 11.9 Å². The summed E-state index contributed by atoms with van der Waals surface area (Å²) in [6.07, 6.45) is -0.121. The molecule has 0 bridgehead atoms. The fourth-order valence-electron chi connectivity index (χ4n) is 3.99. The van der Waals surface area contributed by atoms with Crippen LogP contribution >= 0.6 is 12.2 Å². The molecule has 172 valence electrons. The highest BCUT2D eigenvalue weighted by Gasteiger charge is 2.44. The molecule has 2 aliphatic heterocycles. The number of amides is 2. The number of hydrogen-bond donors (Lipinski definition) is 1. The number of hydrogen-bond acceptors (Lipinski definition) is 5. The fourth-order valence-corrected chi connectivity index (χ4v) is 4.37. The van der Waals surface area contributed by atoms with E-state index in [-0.39, 0.29) is 25.0 Å². The maximum atomic E-state index is 13.5. The third-order valence-corrected chi connectivity index (χ3v) is 6.05. The Morgan fingerprint density at radius 2 is 1.76 bits per heavy atom. The molecule has 34 heavy (non-hydrogen) atoms. The quantitative estimate of drug-likeness (QED) is 0.540. The largest absolute Gasteiger partial charge is 0.454 e. The van der Waals surface area contributed by atoms with Crippen LogP contribution < -0.4 is 19.7 Å². The third-order valence-electron chi connectivity index (χ3n) is 5.63. The third kappa shape index (κ3) is 4.29. The number of anilines is 2. The Hall–Kier alpha value is -3.98. The molecule has 0 aliphatic carbocycles. The molecule has 2 aliphatic rings. The predicted octanol–water partition coefficient (Wildman–Crippen LogP) is 4.09. The second kappa shape index (κ2) is 9.11. The van der Waals surface area contributed by atoms with E-state index >= 15 is 0 Å². The molecule has 0 unspecified atom stereocenters. The molecule has 2 heterocycles. The van der Waals surface area contributed by atoms with E-state index in [4.69, 9.17) is 21.7 Å². The van der Waals surface area contributed by atoms with Crippen LogP contribution in [0.5, 0.6) is 11.5 Å². The molecule has 3 aromatic rings. The number of nitrogens with zero attached hydrogens (tertiary/aromatic N) is 2. The van der Waals surface area contributed by atoms with Crippen LogP contribution in [0.2, 0.25) is 0 Å². The molecule has 0 spiro atoms. The summed E-state index contributed by atoms with van der Waals surface area (Å²) in [6.45, 7) is 0.465. The van der Waals surface area contributed by atoms with E-state index in [0.717, 1.165) is 5.56 Å². The Balaban J connectivity index is 1.40. The molecular weight excluding hydrogens is 457 g/mol. The first-order valence-electron chi connectivity index (χ1n) is 10.6. The lowest BCUT2D eigenvalue weighted by atomic mass is 10.1. The van der Waals surface area contributed by atoms with Gasteiger partial charge < -0.3 is 19.7 Å². The van der Waals surface area contributed by atoms with Crippen LogP contribution in [-0.4, -0.2) is 34.7 Å². The van der Waals surface area contributed by atoms with Crippen molar-refractivity contribution in [1.29, 1.82) is 0 Å². The Morgan fingerprint density at radius 1 is 1.03 bits per heavy atom. The topological polar surface area (TPSA) is 71.1 Å². The summed E-state index contributed by atoms with van der Waals surface area (Å²) >= 11 is 5.70. The van der Waals surface area contributed by atoms with Crippen molar-refractivity contribution < 1.29 is 23.5 Å². The zero-order chi connectivity index (χ0) is 23.7. The summed E-state index contributed by atoms with van der Waals surface area (Å²) < 4.78 is 24.0. The molecule has 1 N–H and O–H groups in total. The van der Waals surface area contributed by atoms with Crippen LogP contribution in [-0.2, 0) is 16.1 Å². The Morgan fingerprint density at radius 3 is 2.53 bits per heavy atom. The van der Waals surface area contributed by atoms with Crippen molar-refractivity contribution in [3.05, 3.63) is 84.2 Å². The van der Waals surface area contributed by atoms with Gasteiger partial charge in [-0.25, -0.2) is 4.39 Å². The number of benzene rings is 3. The van der Waals surface area contributed by atoms with Crippen molar-refractivity contribution in [3.63, 3.8) is 0 Å². The molecule has 1 atom stereocenters. The molecule has 0 saturated carbocycles. The van der Waals surface area contributed by atoms with Gasteiger partial charge in [0.2, 0.25) is 12.7 Å². The van der Waals surface area contributed by atoms with E-state index in [9.17, 15) is 14.0 Å². The Bertz CT molecular complexity index is 1250. The van der Waals surface area contributed by atoms with Crippen molar-refractivity contribution in [2.45, 2.75) is 19.0 Å². The number of carbonyl (C=O) groups is 2. The normalized spacial score (nSPS) is 16.8. The van der Waals surface area contributed by atoms with Crippen molar-refractivity contribution in [1.82, 2.24) is 4.90 Å². The lowest BCUT2D eigenvalue weighted by Gasteiger charge is -2.24. The van der Waals surface area contributed by atoms with Crippen molar-refractivity contribution >= 4 is 40.5 Å². The van der Waals surface area contributed by atoms with Crippen molar-refractivity contribution in [2.75, 3.05) is 17.0 Å². The summed E-state index contributed by atoms with van der Waals surface area (Å²) in [5, 5.41) is 3.03. The lowest BCUT2D eigenvalue weighted by molar-refractivity contribution is -0.124. The van der Waals surface area contributed by atoms with Gasteiger partial charge in [-0.2, -0.15) is 0 Å². The van der Waals surface area contributed by atoms with Gasteiger partial charge in [-0.3, -0.25) is 14.5 Å². The summed E-state index contributed by atoms with van der Waals surface area (Å²) in [7, 11) is 0. The first-order valence-corrected chi connectivity index (χ1v) is 11.0. The van der Waals surface area contributed by atoms with E-state index < -0.39 is 11.9 Å². The fraction of sp³-hybridized carbons (Fsp3) is 0.160. The first-order chi connectivity index (χ1) is 16.5. The number of fused-ring (bicyclic) bond motifs is 1. The average Bonchev–Trinajstić information content (AvgIpc) is 3.39. The maximum Gasteiger partial charge on any atom is 0.256 e. The van der Waals surface area contributed by atoms with Crippen LogP contribution in [0.1, 0.15) is 12.0 Å². The number of para-hydroxylation sites is 1. The number of ether oxygens (including phenoxy) is 2. The lowest BCUT2D eigenvalue weighted by Crippen LogP contribution is -2.37. The molecule has 9 heteroatoms. The molecule has 7 nitrogen and oxygen atoms in total. The summed E-state index contributed by atoms with van der Waals surface area (Å²) in [5.74, 6) is 0.219. The van der Waals surface area contributed by atoms with Crippen LogP contribution in [0.15, 0.2) is 72.8 Å². The first kappa shape index (κ1) is 21.8. The van der Waals surface area contributed by atoms with E-state index in [1.165, 1.54) is 29.2 Å². The van der Waals surface area contributed by atoms with Gasteiger partial charge in [0.05, 0.1) is 12.1 Å². The molecular formula is C25H20FN3O4S. The van der Waals surface area contributed by atoms with Gasteiger partial charge in [-0.05, 0) is 66.3 Å². The van der Waals surface area contributed by atoms with Crippen LogP contribution in [0.4, 0.5) is 15.8 Å². The molecule has 1 fully saturated rings. The van der Waals surface area contributed by atoms with Gasteiger partial charge in [0.15, 0.2) is 16.6 Å². The van der Waals surface area contributed by atoms with E-state index in [1.54, 1.807) is 17.0 Å². The number of nitrogens with one attached hydrogen (secondary N) is 1. The Kier molecular flexibility index (Phi) is 5.85. The molecule has 3 aromatic carbocycles. The van der Waals surface area contributed by atoms with Crippen LogP contribution in [0.25, 0.3) is 0 Å². The standard InChI is InChI=1S/C25H20FN3O4S/c26-17-7-9-18(10-8-17)27-23(30)13-20-24(31)29(19-4-2-1-3-5-19)25(34)28(20)14-16-6-11-21-22(12-16)33-15-32-21/h1-12,20H,13-15H2,(H,27,30)/t20-/m0/s1. The molecule has 0 radical (unpaired) electrons. The zero-order valence-corrected chi connectivity index (χ0v) is 18.8. The van der Waals surface area contributed by atoms with Crippen LogP contribution in [0.3, 0.4) is 0 Å². The monoisotopic (exact) mass is 477 g/mol. The van der Waals surface area contributed by atoms with E-state index in [1.807, 2.05) is 36.4 Å². The van der Waals surface area contributed by atoms with E-state index in [2.05, 4.69) is 5.32 Å². The van der Waals surface area contributed by atoms with Crippen molar-refractivity contribution in [2.24, 2.45) is 0 Å². The summed E-state index contributed by atoms with van der Waals surface area (Å²) in [6, 6.07) is 19.3. The minimum Gasteiger partial charge on any atom is -0.454 e. The van der Waals surface area contributed by atoms with Crippen molar-refractivity contribution in [3.8, 4) is 11.5 Å². The van der Waals surface area contributed by atoms with Gasteiger partial charge >= 0.3 is 0 Å². The predicted molar refractivity (Wildman–Crippen MR) is 128 cm³/mol. The molecule has 0 aromatic heterocycles. The SMILES string of the molecule is O=C(C[C@H]1C(=O)N(c2ccccc2)C(=S)N1Cc1ccc2c(c1)OCO2)Nc1ccc(F)cc1. The molecule has 2 amide bonds. The van der Waals surface area contributed by atoms with Gasteiger partial charge in [0.25, 0.3) is 5.91 Å². The number of thiocarbonyl (C=S) groups is 1. The van der Waals surface area contributed by atoms with Gasteiger partial charge in [0, 0.05) is 12.2 Å². The number of rotatable bonds is 6. The summed E-state index contributed by atoms with van der Waals surface area (Å²) in [5.41, 5.74) is 1.94. The van der Waals surface area contributed by atoms with Gasteiger partial charge in [-0.15, -0.1) is 0 Å². The van der Waals surface area contributed by atoms with Crippen LogP contribution in [0, 0.1) is 5.82 Å². The molecule has 1 saturated heterocycles.